The largest absolute Gasteiger partial charge is 0.308 e. The van der Waals surface area contributed by atoms with Crippen molar-refractivity contribution in [2.45, 2.75) is 19.4 Å². The molecule has 1 atom stereocenters. The van der Waals surface area contributed by atoms with Crippen LogP contribution in [-0.4, -0.2) is 26.5 Å². The van der Waals surface area contributed by atoms with E-state index in [1.807, 2.05) is 6.92 Å². The summed E-state index contributed by atoms with van der Waals surface area (Å²) in [5.74, 6) is 0.161. The molecule has 1 N–H and O–H groups in total. The second-order valence-corrected chi connectivity index (χ2v) is 4.09. The van der Waals surface area contributed by atoms with Crippen LogP contribution in [0.4, 0.5) is 4.39 Å². The van der Waals surface area contributed by atoms with Crippen LogP contribution < -0.4 is 5.32 Å². The van der Waals surface area contributed by atoms with E-state index in [9.17, 15) is 4.39 Å². The standard InChI is InChI=1S/C11H12FN5/c1-7-11-9(3-5-13-7)17(16-15-11)10-6-8(12)2-4-14-10/h2,4,6-7,13H,3,5H2,1H3/t7-/m0/s1. The minimum atomic E-state index is -0.318. The van der Waals surface area contributed by atoms with Crippen LogP contribution in [0.15, 0.2) is 18.3 Å². The van der Waals surface area contributed by atoms with Gasteiger partial charge in [-0.25, -0.2) is 9.37 Å². The lowest BCUT2D eigenvalue weighted by atomic mass is 10.1. The van der Waals surface area contributed by atoms with Gasteiger partial charge in [-0.15, -0.1) is 5.10 Å². The molecule has 6 heteroatoms. The van der Waals surface area contributed by atoms with Crippen molar-refractivity contribution in [1.29, 1.82) is 0 Å². The molecule has 0 radical (unpaired) electrons. The van der Waals surface area contributed by atoms with E-state index in [1.54, 1.807) is 4.68 Å². The molecule has 1 aliphatic heterocycles. The predicted octanol–water partition coefficient (Wildman–Crippen LogP) is 1.01. The van der Waals surface area contributed by atoms with Crippen LogP contribution in [0.25, 0.3) is 5.82 Å². The van der Waals surface area contributed by atoms with Crippen molar-refractivity contribution < 1.29 is 4.39 Å². The summed E-state index contributed by atoms with van der Waals surface area (Å²) in [5.41, 5.74) is 1.93. The van der Waals surface area contributed by atoms with Crippen LogP contribution in [0, 0.1) is 5.82 Å². The van der Waals surface area contributed by atoms with Crippen LogP contribution in [0.3, 0.4) is 0 Å². The molecule has 0 saturated heterocycles. The summed E-state index contributed by atoms with van der Waals surface area (Å²) in [6.07, 6.45) is 2.26. The van der Waals surface area contributed by atoms with Crippen molar-refractivity contribution >= 4 is 0 Å². The molecular weight excluding hydrogens is 221 g/mol. The molecule has 0 aromatic carbocycles. The second kappa shape index (κ2) is 3.89. The van der Waals surface area contributed by atoms with Gasteiger partial charge in [0.05, 0.1) is 11.7 Å². The first-order valence-corrected chi connectivity index (χ1v) is 5.55. The molecule has 5 nitrogen and oxygen atoms in total. The number of halogens is 1. The molecule has 3 heterocycles. The Kier molecular flexibility index (Phi) is 2.36. The van der Waals surface area contributed by atoms with E-state index in [0.717, 1.165) is 24.4 Å². The molecule has 0 unspecified atom stereocenters. The third-order valence-electron chi connectivity index (χ3n) is 2.94. The van der Waals surface area contributed by atoms with Crippen LogP contribution in [-0.2, 0) is 6.42 Å². The van der Waals surface area contributed by atoms with Crippen molar-refractivity contribution in [2.24, 2.45) is 0 Å². The molecule has 0 bridgehead atoms. The lowest BCUT2D eigenvalue weighted by Crippen LogP contribution is -2.28. The fraction of sp³-hybridized carbons (Fsp3) is 0.364. The number of rotatable bonds is 1. The van der Waals surface area contributed by atoms with Gasteiger partial charge in [0.1, 0.15) is 11.5 Å². The Morgan fingerprint density at radius 2 is 2.41 bits per heavy atom. The number of nitrogens with zero attached hydrogens (tertiary/aromatic N) is 4. The van der Waals surface area contributed by atoms with Gasteiger partial charge in [-0.05, 0) is 13.0 Å². The summed E-state index contributed by atoms with van der Waals surface area (Å²) in [6.45, 7) is 2.91. The Labute approximate surface area is 97.7 Å². The van der Waals surface area contributed by atoms with E-state index in [0.29, 0.717) is 5.82 Å². The number of pyridine rings is 1. The van der Waals surface area contributed by atoms with Gasteiger partial charge < -0.3 is 5.32 Å². The summed E-state index contributed by atoms with van der Waals surface area (Å²) >= 11 is 0. The zero-order valence-corrected chi connectivity index (χ0v) is 9.39. The van der Waals surface area contributed by atoms with Gasteiger partial charge >= 0.3 is 0 Å². The van der Waals surface area contributed by atoms with Crippen LogP contribution in [0.2, 0.25) is 0 Å². The summed E-state index contributed by atoms with van der Waals surface area (Å²) < 4.78 is 14.8. The normalized spacial score (nSPS) is 19.1. The minimum absolute atomic E-state index is 0.182. The molecule has 88 valence electrons. The highest BCUT2D eigenvalue weighted by Crippen LogP contribution is 2.21. The van der Waals surface area contributed by atoms with Crippen LogP contribution in [0.1, 0.15) is 24.4 Å². The fourth-order valence-electron chi connectivity index (χ4n) is 2.08. The van der Waals surface area contributed by atoms with Gasteiger partial charge in [-0.1, -0.05) is 5.21 Å². The molecule has 0 saturated carbocycles. The second-order valence-electron chi connectivity index (χ2n) is 4.09. The lowest BCUT2D eigenvalue weighted by Gasteiger charge is -2.19. The average Bonchev–Trinajstić information content (AvgIpc) is 2.74. The van der Waals surface area contributed by atoms with Crippen molar-refractivity contribution in [3.05, 3.63) is 35.5 Å². The molecule has 0 spiro atoms. The quantitative estimate of drug-likeness (QED) is 0.798. The van der Waals surface area contributed by atoms with Crippen molar-refractivity contribution in [2.75, 3.05) is 6.54 Å². The highest BCUT2D eigenvalue weighted by Gasteiger charge is 2.23. The SMILES string of the molecule is C[C@@H]1NCCc2c1nnn2-c1cc(F)ccn1. The summed E-state index contributed by atoms with van der Waals surface area (Å²) in [5, 5.41) is 11.5. The number of hydrogen-bond donors (Lipinski definition) is 1. The smallest absolute Gasteiger partial charge is 0.158 e. The van der Waals surface area contributed by atoms with Gasteiger partial charge in [-0.3, -0.25) is 0 Å². The lowest BCUT2D eigenvalue weighted by molar-refractivity contribution is 0.522. The Morgan fingerprint density at radius 3 is 3.24 bits per heavy atom. The Hall–Kier alpha value is -1.82. The predicted molar refractivity (Wildman–Crippen MR) is 59.2 cm³/mol. The summed E-state index contributed by atoms with van der Waals surface area (Å²) in [7, 11) is 0. The third-order valence-corrected chi connectivity index (χ3v) is 2.94. The monoisotopic (exact) mass is 233 g/mol. The van der Waals surface area contributed by atoms with Gasteiger partial charge in [0.15, 0.2) is 5.82 Å². The van der Waals surface area contributed by atoms with Gasteiger partial charge in [0.25, 0.3) is 0 Å². The third kappa shape index (κ3) is 1.70. The van der Waals surface area contributed by atoms with Gasteiger partial charge in [0.2, 0.25) is 0 Å². The first kappa shape index (κ1) is 10.3. The van der Waals surface area contributed by atoms with E-state index >= 15 is 0 Å². The Morgan fingerprint density at radius 1 is 1.53 bits per heavy atom. The maximum atomic E-state index is 13.2. The van der Waals surface area contributed by atoms with Gasteiger partial charge in [0, 0.05) is 25.2 Å². The van der Waals surface area contributed by atoms with Crippen molar-refractivity contribution in [3.63, 3.8) is 0 Å². The van der Waals surface area contributed by atoms with E-state index in [-0.39, 0.29) is 11.9 Å². The average molecular weight is 233 g/mol. The molecule has 0 fully saturated rings. The zero-order chi connectivity index (χ0) is 11.8. The van der Waals surface area contributed by atoms with E-state index in [4.69, 9.17) is 0 Å². The highest BCUT2D eigenvalue weighted by atomic mass is 19.1. The molecule has 17 heavy (non-hydrogen) atoms. The maximum absolute atomic E-state index is 13.2. The first-order chi connectivity index (χ1) is 8.25. The summed E-state index contributed by atoms with van der Waals surface area (Å²) in [4.78, 5) is 4.12. The van der Waals surface area contributed by atoms with Crippen LogP contribution in [0.5, 0.6) is 0 Å². The van der Waals surface area contributed by atoms with E-state index in [2.05, 4.69) is 20.6 Å². The fourth-order valence-corrected chi connectivity index (χ4v) is 2.08. The molecule has 2 aromatic rings. The minimum Gasteiger partial charge on any atom is -0.308 e. The van der Waals surface area contributed by atoms with E-state index in [1.165, 1.54) is 18.3 Å². The Bertz CT molecular complexity index is 551. The maximum Gasteiger partial charge on any atom is 0.158 e. The number of nitrogens with one attached hydrogen (secondary N) is 1. The highest BCUT2D eigenvalue weighted by molar-refractivity contribution is 5.28. The van der Waals surface area contributed by atoms with Crippen LogP contribution >= 0.6 is 0 Å². The topological polar surface area (TPSA) is 55.6 Å². The molecular formula is C11H12FN5. The van der Waals surface area contributed by atoms with Gasteiger partial charge in [-0.2, -0.15) is 4.68 Å². The number of fused-ring (bicyclic) bond motifs is 1. The van der Waals surface area contributed by atoms with Crippen molar-refractivity contribution in [1.82, 2.24) is 25.3 Å². The van der Waals surface area contributed by atoms with Crippen molar-refractivity contribution in [3.8, 4) is 5.82 Å². The van der Waals surface area contributed by atoms with E-state index < -0.39 is 0 Å². The molecule has 2 aromatic heterocycles. The molecule has 3 rings (SSSR count). The molecule has 0 amide bonds. The Balaban J connectivity index is 2.10. The molecule has 1 aliphatic rings. The number of aromatic nitrogens is 4. The number of hydrogen-bond acceptors (Lipinski definition) is 4. The summed E-state index contributed by atoms with van der Waals surface area (Å²) in [6, 6.07) is 2.86. The molecule has 0 aliphatic carbocycles. The first-order valence-electron chi connectivity index (χ1n) is 5.55. The zero-order valence-electron chi connectivity index (χ0n) is 9.39.